The molecule has 0 bridgehead atoms. The van der Waals surface area contributed by atoms with Crippen molar-refractivity contribution in [2.75, 3.05) is 20.7 Å². The van der Waals surface area contributed by atoms with Gasteiger partial charge in [0.05, 0.1) is 12.0 Å². The molecule has 7 nitrogen and oxygen atoms in total. The van der Waals surface area contributed by atoms with E-state index in [1.807, 2.05) is 25.1 Å². The van der Waals surface area contributed by atoms with Gasteiger partial charge in [0, 0.05) is 25.1 Å². The highest BCUT2D eigenvalue weighted by atomic mass is 32.2. The van der Waals surface area contributed by atoms with Crippen LogP contribution in [0.5, 0.6) is 5.75 Å². The molecule has 0 heterocycles. The van der Waals surface area contributed by atoms with E-state index in [0.717, 1.165) is 21.2 Å². The van der Waals surface area contributed by atoms with E-state index < -0.39 is 16.0 Å². The lowest BCUT2D eigenvalue weighted by Gasteiger charge is -2.17. The molecule has 0 saturated carbocycles. The minimum Gasteiger partial charge on any atom is -0.550 e. The van der Waals surface area contributed by atoms with E-state index in [4.69, 9.17) is 4.74 Å². The fourth-order valence-corrected chi connectivity index (χ4v) is 4.02. The average Bonchev–Trinajstić information content (AvgIpc) is 2.71. The first-order valence-corrected chi connectivity index (χ1v) is 10.7. The van der Waals surface area contributed by atoms with Gasteiger partial charge >= 0.3 is 0 Å². The first-order valence-electron chi connectivity index (χ1n) is 9.28. The third kappa shape index (κ3) is 6.01. The fraction of sp³-hybridized carbons (Fsp3) is 0.273. The normalized spacial score (nSPS) is 11.7. The number of nitrogens with zero attached hydrogens (tertiary/aromatic N) is 1. The number of methoxy groups -OCH3 is 1. The Labute approximate surface area is 176 Å². The number of hydrogen-bond donors (Lipinski definition) is 0. The summed E-state index contributed by atoms with van der Waals surface area (Å²) >= 11 is 0. The molecular formula is C22H24NO6S-. The topological polar surface area (TPSA) is 104 Å². The number of hydrogen-bond acceptors (Lipinski definition) is 6. The van der Waals surface area contributed by atoms with E-state index in [2.05, 4.69) is 0 Å². The molecule has 0 N–H and O–H groups in total. The van der Waals surface area contributed by atoms with Gasteiger partial charge in [0.2, 0.25) is 10.0 Å². The van der Waals surface area contributed by atoms with Crippen LogP contribution in [0.25, 0.3) is 6.08 Å². The number of sulfonamides is 1. The Bertz CT molecular complexity index is 1040. The van der Waals surface area contributed by atoms with Crippen LogP contribution in [-0.2, 0) is 14.8 Å². The van der Waals surface area contributed by atoms with Crippen molar-refractivity contribution in [1.82, 2.24) is 4.31 Å². The van der Waals surface area contributed by atoms with Gasteiger partial charge in [0.15, 0.2) is 5.78 Å². The van der Waals surface area contributed by atoms with Gasteiger partial charge in [-0.25, -0.2) is 12.7 Å². The van der Waals surface area contributed by atoms with Crippen molar-refractivity contribution in [2.45, 2.75) is 24.7 Å². The molecule has 2 rings (SSSR count). The fourth-order valence-electron chi connectivity index (χ4n) is 2.81. The highest BCUT2D eigenvalue weighted by molar-refractivity contribution is 7.89. The van der Waals surface area contributed by atoms with Crippen molar-refractivity contribution in [3.05, 3.63) is 65.2 Å². The second-order valence-electron chi connectivity index (χ2n) is 6.75. The number of carboxylic acid groups (broad SMARTS) is 1. The molecule has 0 unspecified atom stereocenters. The molecule has 30 heavy (non-hydrogen) atoms. The Balaban J connectivity index is 2.07. The van der Waals surface area contributed by atoms with E-state index >= 15 is 0 Å². The Hall–Kier alpha value is -2.97. The van der Waals surface area contributed by atoms with Crippen LogP contribution in [0.15, 0.2) is 53.4 Å². The number of carbonyl (C=O) groups is 2. The number of aryl methyl sites for hydroxylation is 1. The molecule has 0 aliphatic heterocycles. The number of aliphatic carboxylic acids is 1. The summed E-state index contributed by atoms with van der Waals surface area (Å²) in [6, 6.07) is 11.2. The first-order chi connectivity index (χ1) is 14.1. The highest BCUT2D eigenvalue weighted by Gasteiger charge is 2.20. The van der Waals surface area contributed by atoms with Gasteiger partial charge in [-0.2, -0.15) is 0 Å². The minimum atomic E-state index is -3.77. The summed E-state index contributed by atoms with van der Waals surface area (Å²) in [6.07, 6.45) is 3.05. The van der Waals surface area contributed by atoms with Gasteiger partial charge in [0.1, 0.15) is 5.75 Å². The van der Waals surface area contributed by atoms with Crippen molar-refractivity contribution < 1.29 is 27.9 Å². The summed E-state index contributed by atoms with van der Waals surface area (Å²) in [5.74, 6) is -0.712. The molecule has 0 spiro atoms. The molecule has 0 atom stereocenters. The van der Waals surface area contributed by atoms with E-state index in [-0.39, 0.29) is 30.1 Å². The zero-order valence-electron chi connectivity index (χ0n) is 17.1. The molecule has 2 aromatic rings. The quantitative estimate of drug-likeness (QED) is 0.422. The zero-order chi connectivity index (χ0) is 22.3. The first kappa shape index (κ1) is 23.3. The Kier molecular flexibility index (Phi) is 7.91. The van der Waals surface area contributed by atoms with Gasteiger partial charge in [-0.1, -0.05) is 12.1 Å². The van der Waals surface area contributed by atoms with E-state index in [1.54, 1.807) is 13.2 Å². The molecular weight excluding hydrogens is 406 g/mol. The van der Waals surface area contributed by atoms with Gasteiger partial charge in [-0.15, -0.1) is 0 Å². The van der Waals surface area contributed by atoms with Crippen LogP contribution in [0.3, 0.4) is 0 Å². The maximum absolute atomic E-state index is 12.5. The van der Waals surface area contributed by atoms with E-state index in [9.17, 15) is 23.1 Å². The number of allylic oxidation sites excluding steroid dienone is 1. The number of carbonyl (C=O) groups excluding carboxylic acids is 2. The van der Waals surface area contributed by atoms with Gasteiger partial charge < -0.3 is 14.6 Å². The lowest BCUT2D eigenvalue weighted by molar-refractivity contribution is -0.305. The van der Waals surface area contributed by atoms with Crippen molar-refractivity contribution in [3.8, 4) is 5.75 Å². The van der Waals surface area contributed by atoms with Gasteiger partial charge in [0.25, 0.3) is 0 Å². The number of carboxylic acids is 1. The standard InChI is InChI=1S/C22H25NO6S/c1-16-15-17(7-13-21(16)29-3)6-12-20(24)18-8-10-19(11-9-18)30(27,28)23(2)14-4-5-22(25)26/h6-13,15H,4-5,14H2,1-3H3,(H,25,26)/p-1. The van der Waals surface area contributed by atoms with Crippen molar-refractivity contribution in [1.29, 1.82) is 0 Å². The summed E-state index contributed by atoms with van der Waals surface area (Å²) in [5.41, 5.74) is 2.15. The Morgan fingerprint density at radius 3 is 2.37 bits per heavy atom. The van der Waals surface area contributed by atoms with Crippen LogP contribution in [0.2, 0.25) is 0 Å². The number of benzene rings is 2. The molecule has 0 aliphatic rings. The van der Waals surface area contributed by atoms with Gasteiger partial charge in [-0.05, 0) is 73.4 Å². The second-order valence-corrected chi connectivity index (χ2v) is 8.80. The predicted octanol–water partition coefficient (Wildman–Crippen LogP) is 2.05. The maximum Gasteiger partial charge on any atom is 0.242 e. The van der Waals surface area contributed by atoms with Crippen LogP contribution in [0.4, 0.5) is 0 Å². The summed E-state index contributed by atoms with van der Waals surface area (Å²) in [4.78, 5) is 22.9. The number of ketones is 1. The molecule has 0 radical (unpaired) electrons. The van der Waals surface area contributed by atoms with Crippen LogP contribution in [0.1, 0.15) is 34.3 Å². The molecule has 8 heteroatoms. The lowest BCUT2D eigenvalue weighted by atomic mass is 10.1. The van der Waals surface area contributed by atoms with Crippen molar-refractivity contribution in [3.63, 3.8) is 0 Å². The molecule has 0 aromatic heterocycles. The lowest BCUT2D eigenvalue weighted by Crippen LogP contribution is -2.29. The van der Waals surface area contributed by atoms with Crippen LogP contribution in [-0.4, -0.2) is 45.2 Å². The monoisotopic (exact) mass is 430 g/mol. The Morgan fingerprint density at radius 1 is 1.13 bits per heavy atom. The number of ether oxygens (including phenoxy) is 1. The molecule has 0 aliphatic carbocycles. The SMILES string of the molecule is COc1ccc(C=CC(=O)c2ccc(S(=O)(=O)N(C)CCCC(=O)[O-])cc2)cc1C. The Morgan fingerprint density at radius 2 is 1.80 bits per heavy atom. The van der Waals surface area contributed by atoms with Gasteiger partial charge in [-0.3, -0.25) is 4.79 Å². The second kappa shape index (κ2) is 10.2. The minimum absolute atomic E-state index is 0.0322. The molecule has 0 amide bonds. The smallest absolute Gasteiger partial charge is 0.242 e. The summed E-state index contributed by atoms with van der Waals surface area (Å²) in [5, 5.41) is 10.5. The molecule has 2 aromatic carbocycles. The number of rotatable bonds is 10. The largest absolute Gasteiger partial charge is 0.550 e. The summed E-state index contributed by atoms with van der Waals surface area (Å²) in [7, 11) is -0.795. The van der Waals surface area contributed by atoms with E-state index in [0.29, 0.717) is 5.56 Å². The molecule has 0 saturated heterocycles. The van der Waals surface area contributed by atoms with Crippen LogP contribution in [0, 0.1) is 6.92 Å². The van der Waals surface area contributed by atoms with Crippen molar-refractivity contribution >= 4 is 27.9 Å². The van der Waals surface area contributed by atoms with Crippen LogP contribution >= 0.6 is 0 Å². The highest BCUT2D eigenvalue weighted by Crippen LogP contribution is 2.20. The maximum atomic E-state index is 12.5. The van der Waals surface area contributed by atoms with E-state index in [1.165, 1.54) is 37.4 Å². The summed E-state index contributed by atoms with van der Waals surface area (Å²) in [6.45, 7) is 1.97. The summed E-state index contributed by atoms with van der Waals surface area (Å²) < 4.78 is 31.4. The molecule has 160 valence electrons. The van der Waals surface area contributed by atoms with Crippen molar-refractivity contribution in [2.24, 2.45) is 0 Å². The average molecular weight is 431 g/mol. The van der Waals surface area contributed by atoms with Crippen LogP contribution < -0.4 is 9.84 Å². The molecule has 0 fully saturated rings. The predicted molar refractivity (Wildman–Crippen MR) is 112 cm³/mol. The zero-order valence-corrected chi connectivity index (χ0v) is 17.9. The third-order valence-electron chi connectivity index (χ3n) is 4.55. The third-order valence-corrected chi connectivity index (χ3v) is 6.42.